The number of anilines is 3. The summed E-state index contributed by atoms with van der Waals surface area (Å²) in [6.07, 6.45) is 0. The zero-order valence-electron chi connectivity index (χ0n) is 28.4. The molecule has 10 rings (SSSR count). The lowest BCUT2D eigenvalue weighted by molar-refractivity contribution is 0.670. The third-order valence-electron chi connectivity index (χ3n) is 10.2. The third kappa shape index (κ3) is 5.04. The van der Waals surface area contributed by atoms with Crippen LogP contribution in [0.1, 0.15) is 0 Å². The van der Waals surface area contributed by atoms with Crippen molar-refractivity contribution >= 4 is 60.5 Å². The molecule has 0 amide bonds. The van der Waals surface area contributed by atoms with E-state index in [1.807, 2.05) is 6.07 Å². The Morgan fingerprint density at radius 3 is 1.77 bits per heavy atom. The molecule has 0 aliphatic carbocycles. The van der Waals surface area contributed by atoms with E-state index in [1.165, 1.54) is 43.8 Å². The molecule has 0 spiro atoms. The fourth-order valence-corrected chi connectivity index (χ4v) is 7.80. The van der Waals surface area contributed by atoms with Crippen molar-refractivity contribution in [2.75, 3.05) is 4.90 Å². The van der Waals surface area contributed by atoms with E-state index in [1.54, 1.807) is 0 Å². The number of nitrogens with zero attached hydrogens (tertiary/aromatic N) is 1. The van der Waals surface area contributed by atoms with Gasteiger partial charge in [-0.3, -0.25) is 0 Å². The van der Waals surface area contributed by atoms with Gasteiger partial charge in [0.15, 0.2) is 0 Å². The smallest absolute Gasteiger partial charge is 0.145 e. The summed E-state index contributed by atoms with van der Waals surface area (Å²) in [5.74, 6) is 0. The molecule has 0 N–H and O–H groups in total. The van der Waals surface area contributed by atoms with Crippen molar-refractivity contribution in [2.45, 2.75) is 0 Å². The number of furan rings is 1. The zero-order valence-corrected chi connectivity index (χ0v) is 28.4. The predicted octanol–water partition coefficient (Wildman–Crippen LogP) is 14.4. The summed E-state index contributed by atoms with van der Waals surface area (Å²) in [5, 5.41) is 7.11. The van der Waals surface area contributed by atoms with Crippen molar-refractivity contribution < 1.29 is 4.42 Å². The monoisotopic (exact) mass is 663 g/mol. The maximum absolute atomic E-state index is 6.75. The number of hydrogen-bond acceptors (Lipinski definition) is 2. The van der Waals surface area contributed by atoms with Gasteiger partial charge in [0.1, 0.15) is 11.2 Å². The van der Waals surface area contributed by atoms with Gasteiger partial charge in [-0.15, -0.1) is 0 Å². The van der Waals surface area contributed by atoms with Gasteiger partial charge in [0.2, 0.25) is 0 Å². The van der Waals surface area contributed by atoms with Crippen LogP contribution in [-0.4, -0.2) is 0 Å². The maximum atomic E-state index is 6.75. The number of fused-ring (bicyclic) bond motifs is 5. The lowest BCUT2D eigenvalue weighted by atomic mass is 9.90. The molecule has 9 aromatic carbocycles. The van der Waals surface area contributed by atoms with Gasteiger partial charge in [-0.05, 0) is 97.9 Å². The molecule has 0 saturated heterocycles. The van der Waals surface area contributed by atoms with Crippen LogP contribution in [0.2, 0.25) is 0 Å². The molecule has 0 radical (unpaired) electrons. The quantitative estimate of drug-likeness (QED) is 0.176. The number of benzene rings is 9. The van der Waals surface area contributed by atoms with Crippen molar-refractivity contribution in [1.29, 1.82) is 0 Å². The SMILES string of the molecule is c1ccc(-c2c(-c3ccc(N(c4ccccc4)c4ccc(-c5ccc6ccccc6c5)c5oc6ccccc6c45)cc3)ccc3ccccc23)cc1. The summed E-state index contributed by atoms with van der Waals surface area (Å²) in [7, 11) is 0. The summed E-state index contributed by atoms with van der Waals surface area (Å²) in [4.78, 5) is 2.36. The Balaban J connectivity index is 1.16. The van der Waals surface area contributed by atoms with E-state index in [0.717, 1.165) is 50.1 Å². The van der Waals surface area contributed by atoms with Crippen LogP contribution >= 0.6 is 0 Å². The van der Waals surface area contributed by atoms with Crippen molar-refractivity contribution in [3.8, 4) is 33.4 Å². The average molecular weight is 664 g/mol. The average Bonchev–Trinajstić information content (AvgIpc) is 3.61. The van der Waals surface area contributed by atoms with Crippen molar-refractivity contribution in [3.63, 3.8) is 0 Å². The summed E-state index contributed by atoms with van der Waals surface area (Å²) in [5.41, 5.74) is 12.0. The molecule has 2 nitrogen and oxygen atoms in total. The van der Waals surface area contributed by atoms with Gasteiger partial charge in [-0.1, -0.05) is 152 Å². The van der Waals surface area contributed by atoms with E-state index >= 15 is 0 Å². The van der Waals surface area contributed by atoms with Gasteiger partial charge in [0.05, 0.1) is 11.1 Å². The minimum Gasteiger partial charge on any atom is -0.455 e. The van der Waals surface area contributed by atoms with Crippen LogP contribution in [0.15, 0.2) is 205 Å². The first-order valence-electron chi connectivity index (χ1n) is 17.8. The Hall–Kier alpha value is -6.90. The van der Waals surface area contributed by atoms with E-state index < -0.39 is 0 Å². The van der Waals surface area contributed by atoms with E-state index in [2.05, 4.69) is 199 Å². The number of rotatable bonds is 6. The fraction of sp³-hybridized carbons (Fsp3) is 0. The second-order valence-corrected chi connectivity index (χ2v) is 13.3. The second-order valence-electron chi connectivity index (χ2n) is 13.3. The van der Waals surface area contributed by atoms with Gasteiger partial charge in [0, 0.05) is 22.3 Å². The van der Waals surface area contributed by atoms with Crippen molar-refractivity contribution in [1.82, 2.24) is 0 Å². The van der Waals surface area contributed by atoms with Gasteiger partial charge in [-0.25, -0.2) is 0 Å². The summed E-state index contributed by atoms with van der Waals surface area (Å²) >= 11 is 0. The van der Waals surface area contributed by atoms with Crippen LogP contribution in [0.3, 0.4) is 0 Å². The molecule has 0 atom stereocenters. The number of para-hydroxylation sites is 2. The largest absolute Gasteiger partial charge is 0.455 e. The first-order valence-corrected chi connectivity index (χ1v) is 17.8. The van der Waals surface area contributed by atoms with Gasteiger partial charge >= 0.3 is 0 Å². The van der Waals surface area contributed by atoms with Crippen LogP contribution in [-0.2, 0) is 0 Å². The minimum atomic E-state index is 0.875. The van der Waals surface area contributed by atoms with Crippen LogP contribution < -0.4 is 4.90 Å². The van der Waals surface area contributed by atoms with Gasteiger partial charge < -0.3 is 9.32 Å². The molecule has 0 aliphatic heterocycles. The Bertz CT molecular complexity index is 2890. The standard InChI is InChI=1S/C50H33NO/c1-3-15-37(16-4-1)48-42-20-10-9-14-35(42)27-30-43(48)36-25-28-41(29-26-36)51(40-18-5-2-6-19-40)46-32-31-44(39-24-23-34-13-7-8-17-38(34)33-39)50-49(46)45-21-11-12-22-47(45)52-50/h1-33H. The topological polar surface area (TPSA) is 16.4 Å². The van der Waals surface area contributed by atoms with Gasteiger partial charge in [-0.2, -0.15) is 0 Å². The molecule has 1 aromatic heterocycles. The van der Waals surface area contributed by atoms with E-state index in [4.69, 9.17) is 4.42 Å². The molecule has 0 fully saturated rings. The Morgan fingerprint density at radius 2 is 0.962 bits per heavy atom. The lowest BCUT2D eigenvalue weighted by Crippen LogP contribution is -2.10. The van der Waals surface area contributed by atoms with Crippen LogP contribution in [0.4, 0.5) is 17.1 Å². The molecule has 10 aromatic rings. The van der Waals surface area contributed by atoms with Crippen LogP contribution in [0, 0.1) is 0 Å². The van der Waals surface area contributed by atoms with Gasteiger partial charge in [0.25, 0.3) is 0 Å². The molecule has 2 heteroatoms. The molecule has 244 valence electrons. The predicted molar refractivity (Wildman–Crippen MR) is 220 cm³/mol. The maximum Gasteiger partial charge on any atom is 0.145 e. The molecule has 1 heterocycles. The zero-order chi connectivity index (χ0) is 34.4. The van der Waals surface area contributed by atoms with E-state index in [9.17, 15) is 0 Å². The number of hydrogen-bond donors (Lipinski definition) is 0. The van der Waals surface area contributed by atoms with Crippen molar-refractivity contribution in [2.24, 2.45) is 0 Å². The molecule has 0 bridgehead atoms. The minimum absolute atomic E-state index is 0.875. The molecule has 0 aliphatic rings. The third-order valence-corrected chi connectivity index (χ3v) is 10.2. The Morgan fingerprint density at radius 1 is 0.365 bits per heavy atom. The van der Waals surface area contributed by atoms with E-state index in [0.29, 0.717) is 0 Å². The van der Waals surface area contributed by atoms with Crippen molar-refractivity contribution in [3.05, 3.63) is 200 Å². The second kappa shape index (κ2) is 12.5. The Kier molecular flexibility index (Phi) is 7.18. The molecule has 0 saturated carbocycles. The van der Waals surface area contributed by atoms with E-state index in [-0.39, 0.29) is 0 Å². The highest BCUT2D eigenvalue weighted by Crippen LogP contribution is 2.47. The summed E-state index contributed by atoms with van der Waals surface area (Å²) in [6.45, 7) is 0. The fourth-order valence-electron chi connectivity index (χ4n) is 7.80. The van der Waals surface area contributed by atoms with Crippen LogP contribution in [0.5, 0.6) is 0 Å². The lowest BCUT2D eigenvalue weighted by Gasteiger charge is -2.27. The molecular weight excluding hydrogens is 631 g/mol. The normalized spacial score (nSPS) is 11.5. The first kappa shape index (κ1) is 30.0. The van der Waals surface area contributed by atoms with Crippen LogP contribution in [0.25, 0.3) is 76.9 Å². The highest BCUT2D eigenvalue weighted by Gasteiger charge is 2.22. The first-order chi connectivity index (χ1) is 25.8. The molecular formula is C50H33NO. The highest BCUT2D eigenvalue weighted by atomic mass is 16.3. The molecule has 52 heavy (non-hydrogen) atoms. The highest BCUT2D eigenvalue weighted by molar-refractivity contribution is 6.17. The molecule has 0 unspecified atom stereocenters. The summed E-state index contributed by atoms with van der Waals surface area (Å²) < 4.78 is 6.75. The Labute approximate surface area is 302 Å². The summed E-state index contributed by atoms with van der Waals surface area (Å²) in [6, 6.07) is 71.6.